The Morgan fingerprint density at radius 1 is 1.29 bits per heavy atom. The Hall–Kier alpha value is -2.33. The highest BCUT2D eigenvalue weighted by Crippen LogP contribution is 2.43. The zero-order valence-corrected chi connectivity index (χ0v) is 17.9. The molecular weight excluding hydrogens is 435 g/mol. The van der Waals surface area contributed by atoms with E-state index in [9.17, 15) is 13.2 Å². The molecule has 4 rings (SSSR count). The van der Waals surface area contributed by atoms with E-state index in [1.54, 1.807) is 0 Å². The lowest BCUT2D eigenvalue weighted by molar-refractivity contribution is -0.140. The van der Waals surface area contributed by atoms with Crippen LogP contribution >= 0.6 is 11.6 Å². The number of nitrogens with two attached hydrogens (primary N) is 1. The van der Waals surface area contributed by atoms with Crippen LogP contribution in [0, 0.1) is 5.92 Å². The van der Waals surface area contributed by atoms with Crippen molar-refractivity contribution in [2.24, 2.45) is 5.92 Å². The van der Waals surface area contributed by atoms with E-state index >= 15 is 0 Å². The lowest BCUT2D eigenvalue weighted by Crippen LogP contribution is -2.36. The predicted molar refractivity (Wildman–Crippen MR) is 109 cm³/mol. The molecule has 0 radical (unpaired) electrons. The molecule has 2 aliphatic rings. The Morgan fingerprint density at radius 3 is 2.74 bits per heavy atom. The van der Waals surface area contributed by atoms with Crippen molar-refractivity contribution in [1.29, 1.82) is 0 Å². The Balaban J connectivity index is 1.74. The predicted octanol–water partition coefficient (Wildman–Crippen LogP) is 4.18. The molecule has 0 saturated carbocycles. The van der Waals surface area contributed by atoms with E-state index in [2.05, 4.69) is 26.8 Å². The second-order valence-electron chi connectivity index (χ2n) is 7.94. The van der Waals surface area contributed by atoms with Crippen LogP contribution in [-0.4, -0.2) is 35.2 Å². The number of hydrogen-bond acceptors (Lipinski definition) is 7. The van der Waals surface area contributed by atoms with E-state index in [0.717, 1.165) is 37.6 Å². The van der Waals surface area contributed by atoms with Crippen LogP contribution in [0.5, 0.6) is 6.01 Å². The summed E-state index contributed by atoms with van der Waals surface area (Å²) in [6.07, 6.45) is -3.46. The first-order valence-electron chi connectivity index (χ1n) is 10.0. The third-order valence-corrected chi connectivity index (χ3v) is 5.90. The van der Waals surface area contributed by atoms with Gasteiger partial charge in [-0.1, -0.05) is 18.5 Å². The highest BCUT2D eigenvalue weighted by atomic mass is 35.5. The van der Waals surface area contributed by atoms with Crippen molar-refractivity contribution in [2.45, 2.75) is 45.1 Å². The van der Waals surface area contributed by atoms with E-state index in [-0.39, 0.29) is 30.5 Å². The van der Waals surface area contributed by atoms with E-state index in [0.29, 0.717) is 17.4 Å². The van der Waals surface area contributed by atoms with Crippen LogP contribution in [0.3, 0.4) is 0 Å². The van der Waals surface area contributed by atoms with Gasteiger partial charge in [-0.05, 0) is 24.8 Å². The summed E-state index contributed by atoms with van der Waals surface area (Å²) in [5, 5.41) is -0.507. The molecule has 7 nitrogen and oxygen atoms in total. The van der Waals surface area contributed by atoms with Crippen LogP contribution in [-0.2, 0) is 23.9 Å². The monoisotopic (exact) mass is 457 g/mol. The molecule has 0 bridgehead atoms. The van der Waals surface area contributed by atoms with E-state index in [4.69, 9.17) is 26.8 Å². The number of piperidine rings is 1. The molecule has 2 aromatic rings. The van der Waals surface area contributed by atoms with Gasteiger partial charge in [0.05, 0.1) is 35.7 Å². The van der Waals surface area contributed by atoms with Crippen LogP contribution in [0.4, 0.5) is 24.8 Å². The normalized spacial score (nSPS) is 21.7. The molecule has 168 valence electrons. The quantitative estimate of drug-likeness (QED) is 0.739. The highest BCUT2D eigenvalue weighted by molar-refractivity contribution is 6.31. The van der Waals surface area contributed by atoms with Gasteiger partial charge >= 0.3 is 12.2 Å². The molecule has 0 aliphatic carbocycles. The lowest BCUT2D eigenvalue weighted by Gasteiger charge is -2.35. The van der Waals surface area contributed by atoms with E-state index in [1.165, 1.54) is 7.11 Å². The molecule has 2 N–H and O–H groups in total. The molecule has 1 saturated heterocycles. The maximum atomic E-state index is 13.7. The zero-order chi connectivity index (χ0) is 22.3. The van der Waals surface area contributed by atoms with Crippen molar-refractivity contribution in [2.75, 3.05) is 30.8 Å². The van der Waals surface area contributed by atoms with Crippen molar-refractivity contribution in [3.63, 3.8) is 0 Å². The summed E-state index contributed by atoms with van der Waals surface area (Å²) in [6.45, 7) is 3.90. The molecule has 2 unspecified atom stereocenters. The summed E-state index contributed by atoms with van der Waals surface area (Å²) in [7, 11) is 1.46. The van der Waals surface area contributed by atoms with Gasteiger partial charge in [-0.15, -0.1) is 0 Å². The summed E-state index contributed by atoms with van der Waals surface area (Å²) >= 11 is 5.88. The lowest BCUT2D eigenvalue weighted by atomic mass is 9.97. The Bertz CT molecular complexity index is 988. The van der Waals surface area contributed by atoms with E-state index in [1.807, 2.05) is 0 Å². The van der Waals surface area contributed by atoms with Gasteiger partial charge in [-0.2, -0.15) is 23.1 Å². The van der Waals surface area contributed by atoms with Gasteiger partial charge in [-0.25, -0.2) is 4.98 Å². The summed E-state index contributed by atoms with van der Waals surface area (Å²) in [4.78, 5) is 15.0. The number of rotatable bonds is 3. The van der Waals surface area contributed by atoms with Gasteiger partial charge in [-0.3, -0.25) is 0 Å². The Morgan fingerprint density at radius 2 is 2.06 bits per heavy atom. The average Bonchev–Trinajstić information content (AvgIpc) is 2.70. The van der Waals surface area contributed by atoms with Crippen molar-refractivity contribution in [1.82, 2.24) is 15.0 Å². The number of methoxy groups -OCH3 is 1. The first-order chi connectivity index (χ1) is 14.7. The maximum absolute atomic E-state index is 13.7. The standard InChI is InChI=1S/C20H23ClF3N5O2/c1-10-4-3-5-29(8-10)18-11-9-31-14(7-13(11)26-19(28-18)30-2)17-16(20(22,23)24)12(21)6-15(25)27-17/h6,10,14H,3-5,7-9H2,1-2H3,(H2,25,27). The number of pyridine rings is 1. The summed E-state index contributed by atoms with van der Waals surface area (Å²) in [6, 6.07) is 1.16. The number of anilines is 2. The second kappa shape index (κ2) is 8.31. The smallest absolute Gasteiger partial charge is 0.419 e. The second-order valence-corrected chi connectivity index (χ2v) is 8.35. The van der Waals surface area contributed by atoms with Gasteiger partial charge < -0.3 is 20.1 Å². The third-order valence-electron chi connectivity index (χ3n) is 5.60. The number of ether oxygens (including phenoxy) is 2. The fourth-order valence-electron chi connectivity index (χ4n) is 4.21. The van der Waals surface area contributed by atoms with Gasteiger partial charge in [0.25, 0.3) is 0 Å². The fourth-order valence-corrected chi connectivity index (χ4v) is 4.52. The number of nitrogens with zero attached hydrogens (tertiary/aromatic N) is 4. The molecular formula is C20H23ClF3N5O2. The van der Waals surface area contributed by atoms with Gasteiger partial charge in [0.15, 0.2) is 0 Å². The molecule has 2 aliphatic heterocycles. The first kappa shape index (κ1) is 21.9. The van der Waals surface area contributed by atoms with Crippen molar-refractivity contribution in [3.05, 3.63) is 33.6 Å². The number of nitrogen functional groups attached to an aromatic ring is 1. The molecule has 2 atom stereocenters. The molecule has 2 aromatic heterocycles. The zero-order valence-electron chi connectivity index (χ0n) is 17.2. The molecule has 1 fully saturated rings. The maximum Gasteiger partial charge on any atom is 0.419 e. The highest BCUT2D eigenvalue weighted by Gasteiger charge is 2.41. The molecule has 31 heavy (non-hydrogen) atoms. The summed E-state index contributed by atoms with van der Waals surface area (Å²) in [5.74, 6) is 1.11. The minimum Gasteiger partial charge on any atom is -0.467 e. The fraction of sp³-hybridized carbons (Fsp3) is 0.550. The molecule has 0 aromatic carbocycles. The third kappa shape index (κ3) is 4.36. The first-order valence-corrected chi connectivity index (χ1v) is 10.4. The SMILES string of the molecule is COc1nc2c(c(N3CCCC(C)C3)n1)COC(c1nc(N)cc(Cl)c1C(F)(F)F)C2. The van der Waals surface area contributed by atoms with Crippen LogP contribution in [0.15, 0.2) is 6.07 Å². The van der Waals surface area contributed by atoms with Crippen molar-refractivity contribution < 1.29 is 22.6 Å². The number of fused-ring (bicyclic) bond motifs is 1. The minimum absolute atomic E-state index is 0.0512. The van der Waals surface area contributed by atoms with Gasteiger partial charge in [0.1, 0.15) is 17.7 Å². The van der Waals surface area contributed by atoms with Crippen LogP contribution in [0.2, 0.25) is 5.02 Å². The Kier molecular flexibility index (Phi) is 5.87. The molecule has 0 spiro atoms. The average molecular weight is 458 g/mol. The van der Waals surface area contributed by atoms with Gasteiger partial charge in [0, 0.05) is 25.1 Å². The largest absolute Gasteiger partial charge is 0.467 e. The van der Waals surface area contributed by atoms with Gasteiger partial charge in [0.2, 0.25) is 0 Å². The number of hydrogen-bond donors (Lipinski definition) is 1. The number of aromatic nitrogens is 3. The molecule has 0 amide bonds. The Labute approximate surface area is 182 Å². The van der Waals surface area contributed by atoms with Crippen LogP contribution in [0.25, 0.3) is 0 Å². The minimum atomic E-state index is -4.70. The van der Waals surface area contributed by atoms with Crippen LogP contribution in [0.1, 0.15) is 48.4 Å². The topological polar surface area (TPSA) is 86.4 Å². The number of halogens is 4. The summed E-state index contributed by atoms with van der Waals surface area (Å²) in [5.41, 5.74) is 5.64. The molecule has 11 heteroatoms. The van der Waals surface area contributed by atoms with Crippen molar-refractivity contribution >= 4 is 23.2 Å². The number of alkyl halides is 3. The van der Waals surface area contributed by atoms with Crippen LogP contribution < -0.4 is 15.4 Å². The van der Waals surface area contributed by atoms with Crippen molar-refractivity contribution in [3.8, 4) is 6.01 Å². The van der Waals surface area contributed by atoms with E-state index < -0.39 is 22.9 Å². The molecule has 4 heterocycles. The summed E-state index contributed by atoms with van der Waals surface area (Å²) < 4.78 is 52.2.